The normalized spacial score (nSPS) is 16.3. The lowest BCUT2D eigenvalue weighted by Crippen LogP contribution is -2.23. The maximum absolute atomic E-state index is 10.4. The van der Waals surface area contributed by atoms with Gasteiger partial charge in [-0.1, -0.05) is 74.8 Å². The highest BCUT2D eigenvalue weighted by Gasteiger charge is 2.11. The number of aliphatic carboxylic acids is 1. The fourth-order valence-corrected chi connectivity index (χ4v) is 2.09. The molecule has 0 rings (SSSR count). The van der Waals surface area contributed by atoms with Crippen molar-refractivity contribution < 1.29 is 25.2 Å². The fraction of sp³-hybridized carbons (Fsp3) is 0.550. The third-order valence-electron chi connectivity index (χ3n) is 3.59. The predicted molar refractivity (Wildman–Crippen MR) is 100 cm³/mol. The van der Waals surface area contributed by atoms with Gasteiger partial charge in [0.05, 0.1) is 18.3 Å². The van der Waals surface area contributed by atoms with E-state index in [-0.39, 0.29) is 6.42 Å². The molecule has 25 heavy (non-hydrogen) atoms. The molecule has 0 saturated heterocycles. The second kappa shape index (κ2) is 15.8. The van der Waals surface area contributed by atoms with Crippen molar-refractivity contribution in [1.82, 2.24) is 0 Å². The molecule has 0 heterocycles. The Labute approximate surface area is 150 Å². The van der Waals surface area contributed by atoms with Crippen LogP contribution < -0.4 is 0 Å². The second-order valence-electron chi connectivity index (χ2n) is 5.95. The second-order valence-corrected chi connectivity index (χ2v) is 5.95. The molecule has 0 bridgehead atoms. The summed E-state index contributed by atoms with van der Waals surface area (Å²) in [6.45, 7) is 2.09. The van der Waals surface area contributed by atoms with E-state index in [1.807, 2.05) is 0 Å². The Morgan fingerprint density at radius 2 is 1.44 bits per heavy atom. The molecule has 0 amide bonds. The molecule has 0 aromatic carbocycles. The number of carboxylic acid groups (broad SMARTS) is 1. The minimum Gasteiger partial charge on any atom is -0.481 e. The zero-order valence-electron chi connectivity index (χ0n) is 15.0. The molecule has 0 aliphatic heterocycles. The van der Waals surface area contributed by atoms with Gasteiger partial charge in [0.2, 0.25) is 0 Å². The molecular formula is C20H32O5. The maximum atomic E-state index is 10.4. The molecule has 142 valence electrons. The minimum atomic E-state index is -0.855. The van der Waals surface area contributed by atoms with Crippen LogP contribution in [0, 0.1) is 0 Å². The molecule has 4 N–H and O–H groups in total. The van der Waals surface area contributed by atoms with Crippen molar-refractivity contribution in [2.75, 3.05) is 0 Å². The third-order valence-corrected chi connectivity index (χ3v) is 3.59. The number of aliphatic hydroxyl groups is 3. The molecule has 5 heteroatoms. The number of carboxylic acids is 1. The summed E-state index contributed by atoms with van der Waals surface area (Å²) in [4.78, 5) is 10.4. The quantitative estimate of drug-likeness (QED) is 0.284. The van der Waals surface area contributed by atoms with Gasteiger partial charge in [-0.05, 0) is 19.3 Å². The molecule has 0 aromatic rings. The summed E-state index contributed by atoms with van der Waals surface area (Å²) in [5.74, 6) is -0.854. The van der Waals surface area contributed by atoms with Gasteiger partial charge in [-0.2, -0.15) is 0 Å². The van der Waals surface area contributed by atoms with Crippen LogP contribution in [0.1, 0.15) is 51.9 Å². The Bertz CT molecular complexity index is 451. The number of hydrogen-bond donors (Lipinski definition) is 4. The largest absolute Gasteiger partial charge is 0.481 e. The lowest BCUT2D eigenvalue weighted by atomic mass is 10.1. The number of aliphatic hydroxyl groups excluding tert-OH is 3. The number of unbranched alkanes of at least 4 members (excludes halogenated alkanes) is 2. The molecule has 0 saturated carbocycles. The van der Waals surface area contributed by atoms with Crippen LogP contribution in [0.5, 0.6) is 0 Å². The Morgan fingerprint density at radius 3 is 2.04 bits per heavy atom. The Morgan fingerprint density at radius 1 is 0.840 bits per heavy atom. The van der Waals surface area contributed by atoms with E-state index in [4.69, 9.17) is 5.11 Å². The van der Waals surface area contributed by atoms with Crippen molar-refractivity contribution in [3.63, 3.8) is 0 Å². The highest BCUT2D eigenvalue weighted by molar-refractivity contribution is 5.66. The number of allylic oxidation sites excluding steroid dienone is 6. The van der Waals surface area contributed by atoms with Gasteiger partial charge in [0, 0.05) is 6.42 Å². The van der Waals surface area contributed by atoms with Crippen molar-refractivity contribution in [3.8, 4) is 0 Å². The first kappa shape index (κ1) is 23.3. The van der Waals surface area contributed by atoms with Gasteiger partial charge in [0.1, 0.15) is 0 Å². The minimum absolute atomic E-state index is 0.0644. The van der Waals surface area contributed by atoms with Crippen LogP contribution in [0.25, 0.3) is 0 Å². The van der Waals surface area contributed by atoms with Crippen molar-refractivity contribution in [1.29, 1.82) is 0 Å². The first-order valence-corrected chi connectivity index (χ1v) is 8.91. The lowest BCUT2D eigenvalue weighted by Gasteiger charge is -2.13. The van der Waals surface area contributed by atoms with Crippen molar-refractivity contribution >= 4 is 5.97 Å². The molecule has 5 nitrogen and oxygen atoms in total. The molecule has 0 radical (unpaired) electrons. The summed E-state index contributed by atoms with van der Waals surface area (Å²) in [7, 11) is 0. The highest BCUT2D eigenvalue weighted by atomic mass is 16.4. The lowest BCUT2D eigenvalue weighted by molar-refractivity contribution is -0.137. The Hall–Kier alpha value is -1.69. The van der Waals surface area contributed by atoms with Crippen molar-refractivity contribution in [2.45, 2.75) is 70.2 Å². The monoisotopic (exact) mass is 352 g/mol. The van der Waals surface area contributed by atoms with Gasteiger partial charge in [0.25, 0.3) is 0 Å². The van der Waals surface area contributed by atoms with Crippen LogP contribution in [-0.4, -0.2) is 44.7 Å². The summed E-state index contributed by atoms with van der Waals surface area (Å²) < 4.78 is 0. The van der Waals surface area contributed by atoms with Gasteiger partial charge < -0.3 is 20.4 Å². The van der Waals surface area contributed by atoms with Crippen LogP contribution in [0.15, 0.2) is 48.6 Å². The number of hydrogen-bond acceptors (Lipinski definition) is 4. The molecule has 0 spiro atoms. The van der Waals surface area contributed by atoms with Gasteiger partial charge in [-0.25, -0.2) is 0 Å². The summed E-state index contributed by atoms with van der Waals surface area (Å²) in [6, 6.07) is 0. The SMILES string of the molecule is CCCCC[C@@H](O)[C@H](O)C=CC=CC=CC=C[C@@H](O)CCCC(=O)O. The molecular weight excluding hydrogens is 320 g/mol. The van der Waals surface area contributed by atoms with Crippen LogP contribution in [-0.2, 0) is 4.79 Å². The van der Waals surface area contributed by atoms with E-state index in [9.17, 15) is 20.1 Å². The molecule has 0 unspecified atom stereocenters. The molecule has 3 atom stereocenters. The first-order valence-electron chi connectivity index (χ1n) is 8.91. The standard InChI is InChI=1S/C20H32O5/c1-2-3-8-14-18(22)19(23)15-10-7-5-4-6-9-12-17(21)13-11-16-20(24)25/h4-7,9-10,12,15,17-19,21-23H,2-3,8,11,13-14,16H2,1H3,(H,24,25)/t17-,18-,19-/m1/s1. The average Bonchev–Trinajstić information content (AvgIpc) is 2.56. The van der Waals surface area contributed by atoms with Crippen LogP contribution in [0.2, 0.25) is 0 Å². The van der Waals surface area contributed by atoms with Gasteiger partial charge in [0.15, 0.2) is 0 Å². The van der Waals surface area contributed by atoms with E-state index in [2.05, 4.69) is 6.92 Å². The predicted octanol–water partition coefficient (Wildman–Crippen LogP) is 3.13. The Balaban J connectivity index is 3.96. The molecule has 0 aliphatic rings. The molecule has 0 aromatic heterocycles. The third kappa shape index (κ3) is 15.6. The number of carbonyl (C=O) groups is 1. The molecule has 0 fully saturated rings. The number of rotatable bonds is 14. The zero-order valence-corrected chi connectivity index (χ0v) is 15.0. The van der Waals surface area contributed by atoms with Crippen LogP contribution >= 0.6 is 0 Å². The van der Waals surface area contributed by atoms with Crippen LogP contribution in [0.3, 0.4) is 0 Å². The van der Waals surface area contributed by atoms with E-state index >= 15 is 0 Å². The summed E-state index contributed by atoms with van der Waals surface area (Å²) in [5.41, 5.74) is 0. The Kier molecular flexibility index (Phi) is 14.7. The van der Waals surface area contributed by atoms with Gasteiger partial charge >= 0.3 is 5.97 Å². The topological polar surface area (TPSA) is 98.0 Å². The van der Waals surface area contributed by atoms with E-state index < -0.39 is 24.3 Å². The average molecular weight is 352 g/mol. The van der Waals surface area contributed by atoms with E-state index in [1.165, 1.54) is 0 Å². The van der Waals surface area contributed by atoms with E-state index in [0.717, 1.165) is 19.3 Å². The van der Waals surface area contributed by atoms with Gasteiger partial charge in [-0.15, -0.1) is 0 Å². The van der Waals surface area contributed by atoms with E-state index in [1.54, 1.807) is 48.6 Å². The van der Waals surface area contributed by atoms with Crippen molar-refractivity contribution in [3.05, 3.63) is 48.6 Å². The summed E-state index contributed by atoms with van der Waals surface area (Å²) in [5, 5.41) is 37.6. The van der Waals surface area contributed by atoms with Gasteiger partial charge in [-0.3, -0.25) is 4.79 Å². The highest BCUT2D eigenvalue weighted by Crippen LogP contribution is 2.07. The summed E-state index contributed by atoms with van der Waals surface area (Å²) >= 11 is 0. The first-order chi connectivity index (χ1) is 12.0. The smallest absolute Gasteiger partial charge is 0.303 e. The fourth-order valence-electron chi connectivity index (χ4n) is 2.09. The van der Waals surface area contributed by atoms with Crippen molar-refractivity contribution in [2.24, 2.45) is 0 Å². The zero-order chi connectivity index (χ0) is 18.9. The molecule has 0 aliphatic carbocycles. The maximum Gasteiger partial charge on any atom is 0.303 e. The van der Waals surface area contributed by atoms with Crippen LogP contribution in [0.4, 0.5) is 0 Å². The summed E-state index contributed by atoms with van der Waals surface area (Å²) in [6.07, 6.45) is 16.0. The van der Waals surface area contributed by atoms with E-state index in [0.29, 0.717) is 19.3 Å².